The highest BCUT2D eigenvalue weighted by Gasteiger charge is 2.61. The molecule has 4 unspecified atom stereocenters. The normalized spacial score (nSPS) is 36.3. The molecule has 1 spiro atoms. The minimum absolute atomic E-state index is 0.0277. The Morgan fingerprint density at radius 2 is 1.95 bits per heavy atom. The molecule has 3 aliphatic rings. The number of carbonyl (C=O) groups is 2. The second kappa shape index (κ2) is 5.27. The highest BCUT2D eigenvalue weighted by atomic mass is 16.5. The van der Waals surface area contributed by atoms with E-state index in [9.17, 15) is 9.59 Å². The number of rotatable bonds is 5. The molecule has 3 rings (SSSR count). The molecule has 0 aliphatic heterocycles. The van der Waals surface area contributed by atoms with Crippen molar-refractivity contribution in [2.24, 2.45) is 17.3 Å². The maximum absolute atomic E-state index is 12.6. The molecule has 5 nitrogen and oxygen atoms in total. The molecule has 0 aromatic rings. The summed E-state index contributed by atoms with van der Waals surface area (Å²) in [5.41, 5.74) is 0.156. The number of aliphatic carboxylic acids is 1. The van der Waals surface area contributed by atoms with Crippen molar-refractivity contribution in [2.75, 3.05) is 13.7 Å². The van der Waals surface area contributed by atoms with E-state index >= 15 is 0 Å². The zero-order valence-electron chi connectivity index (χ0n) is 12.9. The van der Waals surface area contributed by atoms with Crippen LogP contribution in [0.5, 0.6) is 0 Å². The third-order valence-corrected chi connectivity index (χ3v) is 6.12. The summed E-state index contributed by atoms with van der Waals surface area (Å²) in [4.78, 5) is 25.5. The zero-order chi connectivity index (χ0) is 15.2. The van der Waals surface area contributed by atoms with Gasteiger partial charge in [-0.15, -0.1) is 0 Å². The van der Waals surface area contributed by atoms with Gasteiger partial charge in [-0.25, -0.2) is 0 Å². The molecule has 3 fully saturated rings. The fraction of sp³-hybridized carbons (Fsp3) is 0.875. The van der Waals surface area contributed by atoms with Gasteiger partial charge >= 0.3 is 5.97 Å². The molecule has 5 heteroatoms. The van der Waals surface area contributed by atoms with E-state index in [4.69, 9.17) is 9.84 Å². The number of amides is 1. The number of carboxylic acid groups (broad SMARTS) is 1. The Morgan fingerprint density at radius 3 is 2.38 bits per heavy atom. The molecule has 4 atom stereocenters. The Kier molecular flexibility index (Phi) is 3.72. The van der Waals surface area contributed by atoms with E-state index in [2.05, 4.69) is 0 Å². The third kappa shape index (κ3) is 2.08. The number of hydrogen-bond donors (Lipinski definition) is 1. The predicted octanol–water partition coefficient (Wildman–Crippen LogP) is 1.90. The first-order valence-corrected chi connectivity index (χ1v) is 8.12. The van der Waals surface area contributed by atoms with E-state index in [1.54, 1.807) is 0 Å². The van der Waals surface area contributed by atoms with Crippen LogP contribution in [-0.2, 0) is 14.3 Å². The average Bonchev–Trinajstić information content (AvgIpc) is 2.29. The van der Waals surface area contributed by atoms with Crippen LogP contribution in [0.1, 0.15) is 45.4 Å². The second-order valence-electron chi connectivity index (χ2n) is 6.86. The van der Waals surface area contributed by atoms with Gasteiger partial charge in [-0.2, -0.15) is 0 Å². The van der Waals surface area contributed by atoms with Gasteiger partial charge in [0, 0.05) is 25.1 Å². The quantitative estimate of drug-likeness (QED) is 0.841. The molecule has 0 saturated heterocycles. The van der Waals surface area contributed by atoms with Crippen molar-refractivity contribution in [3.63, 3.8) is 0 Å². The largest absolute Gasteiger partial charge is 0.481 e. The molecule has 0 heterocycles. The summed E-state index contributed by atoms with van der Waals surface area (Å²) in [5, 5.41) is 9.13. The Bertz CT molecular complexity index is 446. The van der Waals surface area contributed by atoms with Crippen molar-refractivity contribution in [3.8, 4) is 0 Å². The summed E-state index contributed by atoms with van der Waals surface area (Å²) >= 11 is 0. The molecular formula is C16H25NO4. The van der Waals surface area contributed by atoms with Crippen LogP contribution < -0.4 is 0 Å². The fourth-order valence-electron chi connectivity index (χ4n) is 4.45. The van der Waals surface area contributed by atoms with Gasteiger partial charge in [0.15, 0.2) is 0 Å². The predicted molar refractivity (Wildman–Crippen MR) is 76.7 cm³/mol. The topological polar surface area (TPSA) is 66.8 Å². The van der Waals surface area contributed by atoms with Crippen molar-refractivity contribution in [1.82, 2.24) is 4.90 Å². The van der Waals surface area contributed by atoms with Gasteiger partial charge in [0.05, 0.1) is 17.9 Å². The molecule has 0 aromatic heterocycles. The van der Waals surface area contributed by atoms with E-state index in [1.807, 2.05) is 18.9 Å². The van der Waals surface area contributed by atoms with E-state index in [-0.39, 0.29) is 29.4 Å². The zero-order valence-corrected chi connectivity index (χ0v) is 12.9. The number of carbonyl (C=O) groups excluding carboxylic acids is 1. The lowest BCUT2D eigenvalue weighted by Gasteiger charge is -2.63. The van der Waals surface area contributed by atoms with Crippen LogP contribution in [0.3, 0.4) is 0 Å². The van der Waals surface area contributed by atoms with Crippen LogP contribution in [0.4, 0.5) is 0 Å². The van der Waals surface area contributed by atoms with Crippen LogP contribution in [0.2, 0.25) is 0 Å². The molecule has 0 bridgehead atoms. The van der Waals surface area contributed by atoms with Crippen LogP contribution in [0.15, 0.2) is 0 Å². The van der Waals surface area contributed by atoms with Gasteiger partial charge in [0.2, 0.25) is 5.91 Å². The standard InChI is InChI=1S/C16H25NO4/c1-3-21-13-9-12(16(13)7-4-8-16)17(2)14(18)10-5-6-11(10)15(19)20/h10-13H,3-9H2,1-2H3,(H,19,20). The lowest BCUT2D eigenvalue weighted by atomic mass is 9.50. The first-order valence-electron chi connectivity index (χ1n) is 8.12. The molecule has 3 saturated carbocycles. The summed E-state index contributed by atoms with van der Waals surface area (Å²) in [6, 6.07) is 0.241. The molecule has 118 valence electrons. The van der Waals surface area contributed by atoms with E-state index in [0.29, 0.717) is 6.42 Å². The minimum Gasteiger partial charge on any atom is -0.481 e. The summed E-state index contributed by atoms with van der Waals surface area (Å²) in [6.07, 6.45) is 6.02. The maximum atomic E-state index is 12.6. The van der Waals surface area contributed by atoms with Crippen LogP contribution in [0.25, 0.3) is 0 Å². The lowest BCUT2D eigenvalue weighted by molar-refractivity contribution is -0.206. The van der Waals surface area contributed by atoms with Crippen molar-refractivity contribution < 1.29 is 19.4 Å². The van der Waals surface area contributed by atoms with Crippen LogP contribution >= 0.6 is 0 Å². The number of hydrogen-bond acceptors (Lipinski definition) is 3. The lowest BCUT2D eigenvalue weighted by Crippen LogP contribution is -2.68. The van der Waals surface area contributed by atoms with Gasteiger partial charge in [0.1, 0.15) is 0 Å². The summed E-state index contributed by atoms with van der Waals surface area (Å²) in [7, 11) is 1.85. The Balaban J connectivity index is 1.65. The Morgan fingerprint density at radius 1 is 1.29 bits per heavy atom. The molecule has 0 radical (unpaired) electrons. The first-order chi connectivity index (χ1) is 10.0. The van der Waals surface area contributed by atoms with Crippen molar-refractivity contribution >= 4 is 11.9 Å². The first kappa shape index (κ1) is 14.8. The van der Waals surface area contributed by atoms with Crippen molar-refractivity contribution in [3.05, 3.63) is 0 Å². The average molecular weight is 295 g/mol. The van der Waals surface area contributed by atoms with Gasteiger partial charge in [-0.05, 0) is 39.0 Å². The van der Waals surface area contributed by atoms with Crippen LogP contribution in [0, 0.1) is 17.3 Å². The number of nitrogens with zero attached hydrogens (tertiary/aromatic N) is 1. The second-order valence-corrected chi connectivity index (χ2v) is 6.86. The minimum atomic E-state index is -0.827. The van der Waals surface area contributed by atoms with E-state index < -0.39 is 11.9 Å². The van der Waals surface area contributed by atoms with Gasteiger partial charge in [-0.3, -0.25) is 9.59 Å². The highest BCUT2D eigenvalue weighted by molar-refractivity contribution is 5.86. The molecular weight excluding hydrogens is 270 g/mol. The molecule has 21 heavy (non-hydrogen) atoms. The monoisotopic (exact) mass is 295 g/mol. The van der Waals surface area contributed by atoms with E-state index in [1.165, 1.54) is 6.42 Å². The molecule has 1 amide bonds. The molecule has 1 N–H and O–H groups in total. The number of carboxylic acids is 1. The maximum Gasteiger partial charge on any atom is 0.307 e. The summed E-state index contributed by atoms with van der Waals surface area (Å²) in [6.45, 7) is 2.74. The fourth-order valence-corrected chi connectivity index (χ4v) is 4.45. The van der Waals surface area contributed by atoms with Gasteiger partial charge in [0.25, 0.3) is 0 Å². The smallest absolute Gasteiger partial charge is 0.307 e. The van der Waals surface area contributed by atoms with Gasteiger partial charge < -0.3 is 14.7 Å². The Labute approximate surface area is 125 Å². The number of ether oxygens (including phenoxy) is 1. The summed E-state index contributed by atoms with van der Waals surface area (Å²) < 4.78 is 5.82. The Hall–Kier alpha value is -1.10. The van der Waals surface area contributed by atoms with E-state index in [0.717, 1.165) is 32.3 Å². The highest BCUT2D eigenvalue weighted by Crippen LogP contribution is 2.59. The van der Waals surface area contributed by atoms with Crippen LogP contribution in [-0.4, -0.2) is 47.7 Å². The molecule has 3 aliphatic carbocycles. The van der Waals surface area contributed by atoms with Crippen molar-refractivity contribution in [2.45, 2.75) is 57.6 Å². The van der Waals surface area contributed by atoms with Crippen molar-refractivity contribution in [1.29, 1.82) is 0 Å². The molecule has 0 aromatic carbocycles. The SMILES string of the molecule is CCOC1CC(N(C)C(=O)C2CCC2C(=O)O)C12CCC2. The summed E-state index contributed by atoms with van der Waals surface area (Å²) in [5.74, 6) is -1.58. The van der Waals surface area contributed by atoms with Gasteiger partial charge in [-0.1, -0.05) is 6.42 Å². The third-order valence-electron chi connectivity index (χ3n) is 6.12.